The molecular weight excluding hydrogens is 318 g/mol. The van der Waals surface area contributed by atoms with E-state index in [4.69, 9.17) is 0 Å². The number of aromatic nitrogens is 2. The van der Waals surface area contributed by atoms with Crippen molar-refractivity contribution >= 4 is 28.7 Å². The number of amides is 1. The molecule has 1 amide bonds. The van der Waals surface area contributed by atoms with Crippen molar-refractivity contribution in [3.8, 4) is 0 Å². The maximum Gasteiger partial charge on any atom is 0.233 e. The van der Waals surface area contributed by atoms with Crippen molar-refractivity contribution in [2.45, 2.75) is 30.0 Å². The van der Waals surface area contributed by atoms with E-state index < -0.39 is 0 Å². The Morgan fingerprint density at radius 1 is 1.25 bits per heavy atom. The Labute approximate surface area is 145 Å². The Morgan fingerprint density at radius 2 is 2.04 bits per heavy atom. The second-order valence-corrected chi connectivity index (χ2v) is 7.25. The molecule has 3 aromatic rings. The van der Waals surface area contributed by atoms with E-state index in [2.05, 4.69) is 33.1 Å². The Hall–Kier alpha value is -2.27. The number of carbonyl (C=O) groups is 1. The van der Waals surface area contributed by atoms with Crippen LogP contribution >= 0.6 is 11.8 Å². The van der Waals surface area contributed by atoms with Gasteiger partial charge in [0.15, 0.2) is 0 Å². The number of nitrogens with one attached hydrogen (secondary N) is 1. The first-order chi connectivity index (χ1) is 11.7. The van der Waals surface area contributed by atoms with Crippen LogP contribution in [-0.2, 0) is 17.8 Å². The highest BCUT2D eigenvalue weighted by molar-refractivity contribution is 8.01. The SMILES string of the molecule is Cc1nc2ccccc2n1CCNC(=O)C1Cc2ccccc2S1. The average molecular weight is 337 g/mol. The van der Waals surface area contributed by atoms with E-state index in [-0.39, 0.29) is 11.2 Å². The molecular formula is C19H19N3OS. The third-order valence-electron chi connectivity index (χ3n) is 4.42. The second-order valence-electron chi connectivity index (χ2n) is 6.01. The van der Waals surface area contributed by atoms with Gasteiger partial charge >= 0.3 is 0 Å². The number of hydrogen-bond donors (Lipinski definition) is 1. The highest BCUT2D eigenvalue weighted by Crippen LogP contribution is 2.36. The van der Waals surface area contributed by atoms with Crippen LogP contribution < -0.4 is 5.32 Å². The highest BCUT2D eigenvalue weighted by atomic mass is 32.2. The van der Waals surface area contributed by atoms with Crippen molar-refractivity contribution < 1.29 is 4.79 Å². The van der Waals surface area contributed by atoms with Crippen LogP contribution in [0.5, 0.6) is 0 Å². The molecule has 4 rings (SSSR count). The van der Waals surface area contributed by atoms with Crippen molar-refractivity contribution in [2.75, 3.05) is 6.54 Å². The maximum atomic E-state index is 12.4. The summed E-state index contributed by atoms with van der Waals surface area (Å²) in [4.78, 5) is 18.2. The number of benzene rings is 2. The molecule has 0 bridgehead atoms. The van der Waals surface area contributed by atoms with Gasteiger partial charge in [-0.25, -0.2) is 4.98 Å². The summed E-state index contributed by atoms with van der Waals surface area (Å²) < 4.78 is 2.16. The average Bonchev–Trinajstić information content (AvgIpc) is 3.16. The fourth-order valence-corrected chi connectivity index (χ4v) is 4.43. The van der Waals surface area contributed by atoms with Crippen LogP contribution in [0, 0.1) is 6.92 Å². The van der Waals surface area contributed by atoms with Gasteiger partial charge in [0, 0.05) is 18.0 Å². The monoisotopic (exact) mass is 337 g/mol. The number of thioether (sulfide) groups is 1. The fourth-order valence-electron chi connectivity index (χ4n) is 3.21. The van der Waals surface area contributed by atoms with E-state index in [0.717, 1.165) is 29.8 Å². The number of imidazole rings is 1. The summed E-state index contributed by atoms with van der Waals surface area (Å²) >= 11 is 1.67. The van der Waals surface area contributed by atoms with E-state index in [1.165, 1.54) is 10.5 Å². The molecule has 1 N–H and O–H groups in total. The highest BCUT2D eigenvalue weighted by Gasteiger charge is 2.27. The lowest BCUT2D eigenvalue weighted by molar-refractivity contribution is -0.120. The van der Waals surface area contributed by atoms with Crippen LogP contribution in [0.2, 0.25) is 0 Å². The summed E-state index contributed by atoms with van der Waals surface area (Å²) in [6.07, 6.45) is 0.819. The summed E-state index contributed by atoms with van der Waals surface area (Å²) in [5.74, 6) is 1.10. The molecule has 1 atom stereocenters. The first-order valence-corrected chi connectivity index (χ1v) is 9.04. The number of rotatable bonds is 4. The standard InChI is InChI=1S/C19H19N3OS/c1-13-21-15-7-3-4-8-16(15)22(13)11-10-20-19(23)18-12-14-6-2-5-9-17(14)24-18/h2-9,18H,10-12H2,1H3,(H,20,23). The Bertz CT molecular complexity index is 878. The predicted octanol–water partition coefficient (Wildman–Crippen LogP) is 3.18. The van der Waals surface area contributed by atoms with E-state index in [0.29, 0.717) is 6.54 Å². The third-order valence-corrected chi connectivity index (χ3v) is 5.74. The molecule has 0 aliphatic carbocycles. The first-order valence-electron chi connectivity index (χ1n) is 8.16. The molecule has 1 unspecified atom stereocenters. The molecule has 24 heavy (non-hydrogen) atoms. The minimum atomic E-state index is -0.0111. The minimum Gasteiger partial charge on any atom is -0.353 e. The van der Waals surface area contributed by atoms with Gasteiger partial charge < -0.3 is 9.88 Å². The van der Waals surface area contributed by atoms with Gasteiger partial charge in [0.2, 0.25) is 5.91 Å². The zero-order chi connectivity index (χ0) is 16.5. The third kappa shape index (κ3) is 2.80. The molecule has 1 aliphatic rings. The quantitative estimate of drug-likeness (QED) is 0.795. The molecule has 0 spiro atoms. The normalized spacial score (nSPS) is 16.3. The molecule has 1 aliphatic heterocycles. The number of aryl methyl sites for hydroxylation is 1. The van der Waals surface area contributed by atoms with Crippen LogP contribution in [0.1, 0.15) is 11.4 Å². The van der Waals surface area contributed by atoms with Gasteiger partial charge in [0.25, 0.3) is 0 Å². The number of carbonyl (C=O) groups excluding carboxylic acids is 1. The minimum absolute atomic E-state index is 0.0111. The lowest BCUT2D eigenvalue weighted by atomic mass is 10.1. The lowest BCUT2D eigenvalue weighted by Gasteiger charge is -2.11. The number of para-hydroxylation sites is 2. The van der Waals surface area contributed by atoms with Gasteiger partial charge in [0.05, 0.1) is 16.3 Å². The molecule has 122 valence electrons. The molecule has 4 nitrogen and oxygen atoms in total. The molecule has 0 saturated heterocycles. The lowest BCUT2D eigenvalue weighted by Crippen LogP contribution is -2.34. The molecule has 1 aromatic heterocycles. The van der Waals surface area contributed by atoms with Crippen LogP contribution in [-0.4, -0.2) is 27.3 Å². The van der Waals surface area contributed by atoms with Gasteiger partial charge in [-0.1, -0.05) is 30.3 Å². The molecule has 0 fully saturated rings. The van der Waals surface area contributed by atoms with Gasteiger partial charge in [-0.2, -0.15) is 0 Å². The van der Waals surface area contributed by atoms with Crippen LogP contribution in [0.4, 0.5) is 0 Å². The maximum absolute atomic E-state index is 12.4. The van der Waals surface area contributed by atoms with E-state index in [1.54, 1.807) is 11.8 Å². The van der Waals surface area contributed by atoms with Crippen LogP contribution in [0.25, 0.3) is 11.0 Å². The van der Waals surface area contributed by atoms with Crippen molar-refractivity contribution in [1.82, 2.24) is 14.9 Å². The molecule has 0 radical (unpaired) electrons. The largest absolute Gasteiger partial charge is 0.353 e. The van der Waals surface area contributed by atoms with Gasteiger partial charge in [-0.3, -0.25) is 4.79 Å². The summed E-state index contributed by atoms with van der Waals surface area (Å²) in [6.45, 7) is 3.36. The van der Waals surface area contributed by atoms with Crippen molar-refractivity contribution in [3.63, 3.8) is 0 Å². The summed E-state index contributed by atoms with van der Waals surface area (Å²) in [5.41, 5.74) is 3.40. The second kappa shape index (κ2) is 6.32. The first kappa shape index (κ1) is 15.3. The number of hydrogen-bond acceptors (Lipinski definition) is 3. The van der Waals surface area contributed by atoms with Crippen LogP contribution in [0.15, 0.2) is 53.4 Å². The Kier molecular flexibility index (Phi) is 4.02. The van der Waals surface area contributed by atoms with Crippen LogP contribution in [0.3, 0.4) is 0 Å². The summed E-state index contributed by atoms with van der Waals surface area (Å²) in [5, 5.41) is 3.07. The number of nitrogens with zero attached hydrogens (tertiary/aromatic N) is 2. The van der Waals surface area contributed by atoms with E-state index >= 15 is 0 Å². The molecule has 0 saturated carbocycles. The smallest absolute Gasteiger partial charge is 0.233 e. The van der Waals surface area contributed by atoms with Gasteiger partial charge in [-0.15, -0.1) is 11.8 Å². The Morgan fingerprint density at radius 3 is 2.92 bits per heavy atom. The summed E-state index contributed by atoms with van der Waals surface area (Å²) in [6, 6.07) is 16.4. The van der Waals surface area contributed by atoms with E-state index in [9.17, 15) is 4.79 Å². The summed E-state index contributed by atoms with van der Waals surface area (Å²) in [7, 11) is 0. The number of fused-ring (bicyclic) bond motifs is 2. The molecule has 2 aromatic carbocycles. The van der Waals surface area contributed by atoms with Crippen molar-refractivity contribution in [1.29, 1.82) is 0 Å². The topological polar surface area (TPSA) is 46.9 Å². The Balaban J connectivity index is 1.38. The molecule has 2 heterocycles. The van der Waals surface area contributed by atoms with Gasteiger partial charge in [-0.05, 0) is 37.1 Å². The molecule has 5 heteroatoms. The predicted molar refractivity (Wildman–Crippen MR) is 97.3 cm³/mol. The van der Waals surface area contributed by atoms with Crippen molar-refractivity contribution in [3.05, 3.63) is 59.9 Å². The van der Waals surface area contributed by atoms with E-state index in [1.807, 2.05) is 37.3 Å². The van der Waals surface area contributed by atoms with Gasteiger partial charge in [0.1, 0.15) is 5.82 Å². The van der Waals surface area contributed by atoms with Crippen molar-refractivity contribution in [2.24, 2.45) is 0 Å². The zero-order valence-corrected chi connectivity index (χ0v) is 14.3. The fraction of sp³-hybridized carbons (Fsp3) is 0.263. The zero-order valence-electron chi connectivity index (χ0n) is 13.5.